The van der Waals surface area contributed by atoms with Crippen molar-refractivity contribution in [3.8, 4) is 0 Å². The van der Waals surface area contributed by atoms with Gasteiger partial charge >= 0.3 is 0 Å². The Morgan fingerprint density at radius 2 is 1.83 bits per heavy atom. The van der Waals surface area contributed by atoms with Crippen molar-refractivity contribution < 1.29 is 4.79 Å². The summed E-state index contributed by atoms with van der Waals surface area (Å²) in [4.78, 5) is 11.4. The average molecular weight is 306 g/mol. The third-order valence-electron chi connectivity index (χ3n) is 2.45. The van der Waals surface area contributed by atoms with Gasteiger partial charge in [0.1, 0.15) is 0 Å². The van der Waals surface area contributed by atoms with Crippen molar-refractivity contribution in [3.05, 3.63) is 52.5 Å². The number of carbonyl (C=O) groups is 1. The van der Waals surface area contributed by atoms with Gasteiger partial charge in [0, 0.05) is 10.2 Å². The van der Waals surface area contributed by atoms with Crippen LogP contribution in [-0.2, 0) is 0 Å². The van der Waals surface area contributed by atoms with Gasteiger partial charge in [-0.2, -0.15) is 0 Å². The molecule has 0 aromatic heterocycles. The number of hydrogen-bond acceptors (Lipinski definition) is 3. The molecule has 0 aliphatic heterocycles. The van der Waals surface area contributed by atoms with Gasteiger partial charge in [0.05, 0.1) is 16.9 Å². The zero-order valence-corrected chi connectivity index (χ0v) is 11.1. The number of carbonyl (C=O) groups excluding carboxylic acids is 1. The first-order valence-corrected chi connectivity index (χ1v) is 6.08. The minimum atomic E-state index is -0.517. The lowest BCUT2D eigenvalue weighted by Crippen LogP contribution is -2.13. The molecule has 0 aliphatic carbocycles. The van der Waals surface area contributed by atoms with E-state index in [4.69, 9.17) is 11.5 Å². The SMILES string of the molecule is NC(=O)c1cc(N)ccc1Nc1ccccc1Br. The number of halogens is 1. The summed E-state index contributed by atoms with van der Waals surface area (Å²) in [6.45, 7) is 0. The number of hydrogen-bond donors (Lipinski definition) is 3. The lowest BCUT2D eigenvalue weighted by atomic mass is 10.1. The molecule has 2 aromatic carbocycles. The second kappa shape index (κ2) is 5.10. The predicted octanol–water partition coefficient (Wildman–Crippen LogP) is 2.87. The molecule has 0 aliphatic rings. The monoisotopic (exact) mass is 305 g/mol. The Morgan fingerprint density at radius 3 is 2.50 bits per heavy atom. The molecule has 2 aromatic rings. The molecule has 0 fully saturated rings. The van der Waals surface area contributed by atoms with E-state index < -0.39 is 5.91 Å². The van der Waals surface area contributed by atoms with E-state index in [0.29, 0.717) is 16.9 Å². The molecule has 0 atom stereocenters. The summed E-state index contributed by atoms with van der Waals surface area (Å²) in [5, 5.41) is 3.15. The number of nitrogens with one attached hydrogen (secondary N) is 1. The quantitative estimate of drug-likeness (QED) is 0.763. The molecule has 5 heteroatoms. The molecule has 0 unspecified atom stereocenters. The number of amides is 1. The van der Waals surface area contributed by atoms with Crippen molar-refractivity contribution in [2.75, 3.05) is 11.1 Å². The summed E-state index contributed by atoms with van der Waals surface area (Å²) in [6, 6.07) is 12.6. The van der Waals surface area contributed by atoms with Crippen LogP contribution in [0.15, 0.2) is 46.9 Å². The zero-order valence-electron chi connectivity index (χ0n) is 9.48. The van der Waals surface area contributed by atoms with E-state index in [1.54, 1.807) is 18.2 Å². The highest BCUT2D eigenvalue weighted by molar-refractivity contribution is 9.10. The van der Waals surface area contributed by atoms with E-state index >= 15 is 0 Å². The van der Waals surface area contributed by atoms with Gasteiger partial charge < -0.3 is 16.8 Å². The van der Waals surface area contributed by atoms with Gasteiger partial charge in [0.25, 0.3) is 5.91 Å². The summed E-state index contributed by atoms with van der Waals surface area (Å²) in [5.41, 5.74) is 13.3. The largest absolute Gasteiger partial charge is 0.399 e. The van der Waals surface area contributed by atoms with Crippen LogP contribution in [-0.4, -0.2) is 5.91 Å². The first-order valence-electron chi connectivity index (χ1n) is 5.29. The van der Waals surface area contributed by atoms with Crippen molar-refractivity contribution in [1.82, 2.24) is 0 Å². The molecular formula is C13H12BrN3O. The fourth-order valence-corrected chi connectivity index (χ4v) is 1.97. The highest BCUT2D eigenvalue weighted by Gasteiger charge is 2.09. The minimum absolute atomic E-state index is 0.366. The third-order valence-corrected chi connectivity index (χ3v) is 3.14. The van der Waals surface area contributed by atoms with Crippen LogP contribution < -0.4 is 16.8 Å². The molecule has 0 spiro atoms. The van der Waals surface area contributed by atoms with Gasteiger partial charge in [-0.05, 0) is 46.3 Å². The summed E-state index contributed by atoms with van der Waals surface area (Å²) >= 11 is 3.43. The number of anilines is 3. The van der Waals surface area contributed by atoms with Crippen LogP contribution in [0, 0.1) is 0 Å². The number of nitrogens with two attached hydrogens (primary N) is 2. The van der Waals surface area contributed by atoms with Gasteiger partial charge in [-0.1, -0.05) is 12.1 Å². The third kappa shape index (κ3) is 2.62. The predicted molar refractivity (Wildman–Crippen MR) is 76.8 cm³/mol. The Kier molecular flexibility index (Phi) is 3.53. The minimum Gasteiger partial charge on any atom is -0.399 e. The molecule has 0 saturated carbocycles. The Labute approximate surface area is 113 Å². The number of benzene rings is 2. The van der Waals surface area contributed by atoms with Crippen molar-refractivity contribution in [1.29, 1.82) is 0 Å². The lowest BCUT2D eigenvalue weighted by Gasteiger charge is -2.12. The molecule has 4 nitrogen and oxygen atoms in total. The smallest absolute Gasteiger partial charge is 0.250 e. The molecule has 92 valence electrons. The van der Waals surface area contributed by atoms with E-state index in [2.05, 4.69) is 21.2 Å². The number of rotatable bonds is 3. The van der Waals surface area contributed by atoms with Crippen molar-refractivity contribution in [2.24, 2.45) is 5.73 Å². The Balaban J connectivity index is 2.41. The van der Waals surface area contributed by atoms with E-state index in [0.717, 1.165) is 10.2 Å². The molecule has 0 bridgehead atoms. The summed E-state index contributed by atoms with van der Waals surface area (Å²) < 4.78 is 0.900. The Bertz CT molecular complexity index is 599. The van der Waals surface area contributed by atoms with Gasteiger partial charge in [0.2, 0.25) is 0 Å². The van der Waals surface area contributed by atoms with Crippen LogP contribution in [0.1, 0.15) is 10.4 Å². The number of para-hydroxylation sites is 1. The Hall–Kier alpha value is -2.01. The van der Waals surface area contributed by atoms with E-state index in [1.165, 1.54) is 0 Å². The van der Waals surface area contributed by atoms with Crippen LogP contribution in [0.3, 0.4) is 0 Å². The van der Waals surface area contributed by atoms with Crippen LogP contribution in [0.5, 0.6) is 0 Å². The first-order chi connectivity index (χ1) is 8.58. The fraction of sp³-hybridized carbons (Fsp3) is 0. The normalized spacial score (nSPS) is 10.1. The summed E-state index contributed by atoms with van der Waals surface area (Å²) in [7, 11) is 0. The maximum atomic E-state index is 11.4. The van der Waals surface area contributed by atoms with Crippen LogP contribution in [0.4, 0.5) is 17.1 Å². The van der Waals surface area contributed by atoms with Gasteiger partial charge in [-0.25, -0.2) is 0 Å². The molecule has 0 heterocycles. The standard InChI is InChI=1S/C13H12BrN3O/c14-10-3-1-2-4-12(10)17-11-6-5-8(15)7-9(11)13(16)18/h1-7,17H,15H2,(H2,16,18). The summed E-state index contributed by atoms with van der Waals surface area (Å²) in [6.07, 6.45) is 0. The maximum absolute atomic E-state index is 11.4. The second-order valence-corrected chi connectivity index (χ2v) is 4.63. The fourth-order valence-electron chi connectivity index (χ4n) is 1.58. The molecule has 0 radical (unpaired) electrons. The second-order valence-electron chi connectivity index (χ2n) is 3.77. The van der Waals surface area contributed by atoms with Crippen LogP contribution in [0.25, 0.3) is 0 Å². The highest BCUT2D eigenvalue weighted by Crippen LogP contribution is 2.28. The van der Waals surface area contributed by atoms with Crippen LogP contribution >= 0.6 is 15.9 Å². The van der Waals surface area contributed by atoms with E-state index in [9.17, 15) is 4.79 Å². The van der Waals surface area contributed by atoms with Crippen molar-refractivity contribution >= 4 is 38.9 Å². The number of nitrogen functional groups attached to an aromatic ring is 1. The van der Waals surface area contributed by atoms with Gasteiger partial charge in [-0.3, -0.25) is 4.79 Å². The van der Waals surface area contributed by atoms with E-state index in [1.807, 2.05) is 24.3 Å². The van der Waals surface area contributed by atoms with Gasteiger partial charge in [-0.15, -0.1) is 0 Å². The van der Waals surface area contributed by atoms with Crippen molar-refractivity contribution in [2.45, 2.75) is 0 Å². The molecule has 1 amide bonds. The van der Waals surface area contributed by atoms with Crippen molar-refractivity contribution in [3.63, 3.8) is 0 Å². The summed E-state index contributed by atoms with van der Waals surface area (Å²) in [5.74, 6) is -0.517. The lowest BCUT2D eigenvalue weighted by molar-refractivity contribution is 0.100. The Morgan fingerprint density at radius 1 is 1.11 bits per heavy atom. The van der Waals surface area contributed by atoms with Gasteiger partial charge in [0.15, 0.2) is 0 Å². The molecular weight excluding hydrogens is 294 g/mol. The molecule has 18 heavy (non-hydrogen) atoms. The molecule has 0 saturated heterocycles. The number of primary amides is 1. The highest BCUT2D eigenvalue weighted by atomic mass is 79.9. The maximum Gasteiger partial charge on any atom is 0.250 e. The average Bonchev–Trinajstić information content (AvgIpc) is 2.34. The van der Waals surface area contributed by atoms with E-state index in [-0.39, 0.29) is 0 Å². The van der Waals surface area contributed by atoms with Crippen LogP contribution in [0.2, 0.25) is 0 Å². The zero-order chi connectivity index (χ0) is 13.1. The first kappa shape index (κ1) is 12.4. The molecule has 5 N–H and O–H groups in total. The topological polar surface area (TPSA) is 81.1 Å². The molecule has 2 rings (SSSR count).